The van der Waals surface area contributed by atoms with Gasteiger partial charge in [0.2, 0.25) is 11.7 Å². The van der Waals surface area contributed by atoms with Gasteiger partial charge >= 0.3 is 6.18 Å². The number of methoxy groups -OCH3 is 1. The molecule has 5 N–H and O–H groups in total. The summed E-state index contributed by atoms with van der Waals surface area (Å²) in [7, 11) is 1.34. The Labute approximate surface area is 197 Å². The van der Waals surface area contributed by atoms with Crippen LogP contribution in [-0.4, -0.2) is 53.6 Å². The lowest BCUT2D eigenvalue weighted by Crippen LogP contribution is -2.42. The summed E-state index contributed by atoms with van der Waals surface area (Å²) in [4.78, 5) is 39.0. The number of alkyl halides is 3. The van der Waals surface area contributed by atoms with Crippen molar-refractivity contribution in [1.29, 1.82) is 0 Å². The fraction of sp³-hybridized carbons (Fsp3) is 0.375. The lowest BCUT2D eigenvalue weighted by molar-refractivity contribution is -0.149. The Balaban J connectivity index is 1.63. The predicted octanol–water partition coefficient (Wildman–Crippen LogP) is 2.38. The second-order valence-corrected chi connectivity index (χ2v) is 8.61. The van der Waals surface area contributed by atoms with E-state index in [9.17, 15) is 37.8 Å². The van der Waals surface area contributed by atoms with E-state index in [1.54, 1.807) is 0 Å². The zero-order chi connectivity index (χ0) is 25.7. The molecule has 2 aliphatic carbocycles. The first-order valence-electron chi connectivity index (χ1n) is 10.9. The number of ketones is 2. The molecule has 11 heteroatoms. The van der Waals surface area contributed by atoms with Gasteiger partial charge in [0.15, 0.2) is 5.78 Å². The van der Waals surface area contributed by atoms with Gasteiger partial charge in [-0.25, -0.2) is 0 Å². The maximum atomic E-state index is 13.3. The van der Waals surface area contributed by atoms with E-state index in [1.165, 1.54) is 25.3 Å². The second kappa shape index (κ2) is 8.88. The smallest absolute Gasteiger partial charge is 0.403 e. The van der Waals surface area contributed by atoms with Gasteiger partial charge in [-0.15, -0.1) is 0 Å². The molecule has 0 radical (unpaired) electrons. The number of benzene rings is 2. The van der Waals surface area contributed by atoms with Crippen LogP contribution in [-0.2, 0) is 17.6 Å². The molecule has 0 saturated heterocycles. The van der Waals surface area contributed by atoms with E-state index in [1.807, 2.05) is 0 Å². The molecule has 4 rings (SSSR count). The molecular weight excluding hydrogens is 469 g/mol. The number of amides is 1. The van der Waals surface area contributed by atoms with Gasteiger partial charge < -0.3 is 26.0 Å². The molecule has 2 atom stereocenters. The Hall–Kier alpha value is -3.60. The number of carbonyl (C=O) groups excluding carboxylic acids is 3. The molecule has 1 amide bonds. The van der Waals surface area contributed by atoms with E-state index in [0.717, 1.165) is 0 Å². The van der Waals surface area contributed by atoms with Gasteiger partial charge in [0, 0.05) is 29.2 Å². The molecule has 186 valence electrons. The van der Waals surface area contributed by atoms with Crippen LogP contribution < -0.4 is 15.8 Å². The monoisotopic (exact) mass is 492 g/mol. The van der Waals surface area contributed by atoms with Crippen LogP contribution >= 0.6 is 0 Å². The number of aromatic hydroxyl groups is 2. The van der Waals surface area contributed by atoms with Gasteiger partial charge in [-0.2, -0.15) is 13.2 Å². The van der Waals surface area contributed by atoms with Gasteiger partial charge in [-0.3, -0.25) is 14.4 Å². The summed E-state index contributed by atoms with van der Waals surface area (Å²) in [5.74, 6) is -3.34. The number of hydrogen-bond acceptors (Lipinski definition) is 7. The normalized spacial score (nSPS) is 17.8. The minimum absolute atomic E-state index is 0.00715. The van der Waals surface area contributed by atoms with Crippen molar-refractivity contribution >= 4 is 17.5 Å². The summed E-state index contributed by atoms with van der Waals surface area (Å²) in [5, 5.41) is 24.4. The third-order valence-electron chi connectivity index (χ3n) is 6.57. The summed E-state index contributed by atoms with van der Waals surface area (Å²) in [6, 6.07) is 2.38. The maximum Gasteiger partial charge on any atom is 0.403 e. The first kappa shape index (κ1) is 24.5. The first-order chi connectivity index (χ1) is 16.5. The van der Waals surface area contributed by atoms with E-state index >= 15 is 0 Å². The van der Waals surface area contributed by atoms with Crippen molar-refractivity contribution in [1.82, 2.24) is 5.32 Å². The topological polar surface area (TPSA) is 139 Å². The molecule has 0 saturated carbocycles. The Kier molecular flexibility index (Phi) is 6.22. The minimum atomic E-state index is -4.57. The number of nitrogens with one attached hydrogen (secondary N) is 1. The average Bonchev–Trinajstić information content (AvgIpc) is 2.83. The number of nitrogens with two attached hydrogens (primary N) is 1. The third kappa shape index (κ3) is 4.09. The maximum absolute atomic E-state index is 13.3. The quantitative estimate of drug-likeness (QED) is 0.401. The molecule has 2 aromatic carbocycles. The molecule has 0 aromatic heterocycles. The lowest BCUT2D eigenvalue weighted by Gasteiger charge is -2.29. The van der Waals surface area contributed by atoms with Crippen molar-refractivity contribution in [2.45, 2.75) is 37.9 Å². The highest BCUT2D eigenvalue weighted by molar-refractivity contribution is 6.31. The average molecular weight is 492 g/mol. The van der Waals surface area contributed by atoms with Crippen LogP contribution in [0.25, 0.3) is 0 Å². The number of carbonyl (C=O) groups is 3. The standard InChI is InChI=1S/C24H23F3N2O6/c1-35-14-4-2-3-12-16(14)22(33)18-17(20(12)31)21(32)13-9-10(5-6-11(13)19(18)30)23(34)29-8-7-15(28)24(25,26)27/h2-4,10,15,30,32H,5-9,28H2,1H3,(H,29,34). The Morgan fingerprint density at radius 3 is 2.46 bits per heavy atom. The van der Waals surface area contributed by atoms with E-state index in [0.29, 0.717) is 0 Å². The van der Waals surface area contributed by atoms with Gasteiger partial charge in [0.05, 0.1) is 23.8 Å². The first-order valence-corrected chi connectivity index (χ1v) is 10.9. The Morgan fingerprint density at radius 1 is 1.14 bits per heavy atom. The van der Waals surface area contributed by atoms with Crippen molar-refractivity contribution in [3.8, 4) is 17.2 Å². The van der Waals surface area contributed by atoms with Crippen molar-refractivity contribution in [2.24, 2.45) is 11.7 Å². The van der Waals surface area contributed by atoms with Gasteiger partial charge in [0.25, 0.3) is 0 Å². The van der Waals surface area contributed by atoms with Crippen LogP contribution in [0, 0.1) is 5.92 Å². The molecule has 35 heavy (non-hydrogen) atoms. The SMILES string of the molecule is COc1cccc2c1C(=O)c1c(O)c3c(c(O)c1C2=O)CC(C(=O)NCCC(N)C(F)(F)F)CC3. The van der Waals surface area contributed by atoms with Gasteiger partial charge in [-0.1, -0.05) is 12.1 Å². The molecule has 2 unspecified atom stereocenters. The Morgan fingerprint density at radius 2 is 1.80 bits per heavy atom. The Bertz CT molecular complexity index is 1240. The van der Waals surface area contributed by atoms with Crippen molar-refractivity contribution in [3.05, 3.63) is 51.6 Å². The van der Waals surface area contributed by atoms with E-state index in [4.69, 9.17) is 10.5 Å². The van der Waals surface area contributed by atoms with Crippen LogP contribution in [0.2, 0.25) is 0 Å². The number of ether oxygens (including phenoxy) is 1. The number of phenols is 2. The van der Waals surface area contributed by atoms with Crippen LogP contribution in [0.5, 0.6) is 17.2 Å². The highest BCUT2D eigenvalue weighted by Crippen LogP contribution is 2.47. The molecular formula is C24H23F3N2O6. The zero-order valence-corrected chi connectivity index (χ0v) is 18.7. The zero-order valence-electron chi connectivity index (χ0n) is 18.7. The molecule has 2 aliphatic rings. The van der Waals surface area contributed by atoms with Crippen LogP contribution in [0.1, 0.15) is 55.8 Å². The molecule has 8 nitrogen and oxygen atoms in total. The van der Waals surface area contributed by atoms with Crippen LogP contribution in [0.15, 0.2) is 18.2 Å². The lowest BCUT2D eigenvalue weighted by atomic mass is 9.75. The molecule has 0 spiro atoms. The molecule has 0 heterocycles. The fourth-order valence-electron chi connectivity index (χ4n) is 4.69. The summed E-state index contributed by atoms with van der Waals surface area (Å²) < 4.78 is 42.9. The molecule has 0 fully saturated rings. The summed E-state index contributed by atoms with van der Waals surface area (Å²) in [6.07, 6.45) is -4.78. The van der Waals surface area contributed by atoms with Crippen LogP contribution in [0.3, 0.4) is 0 Å². The highest BCUT2D eigenvalue weighted by Gasteiger charge is 2.41. The minimum Gasteiger partial charge on any atom is -0.507 e. The molecule has 0 bridgehead atoms. The van der Waals surface area contributed by atoms with Crippen molar-refractivity contribution in [3.63, 3.8) is 0 Å². The number of fused-ring (bicyclic) bond motifs is 3. The predicted molar refractivity (Wildman–Crippen MR) is 117 cm³/mol. The summed E-state index contributed by atoms with van der Waals surface area (Å²) in [5.41, 5.74) is 4.82. The fourth-order valence-corrected chi connectivity index (χ4v) is 4.69. The van der Waals surface area contributed by atoms with E-state index in [2.05, 4.69) is 5.32 Å². The molecule has 2 aromatic rings. The van der Waals surface area contributed by atoms with Crippen LogP contribution in [0.4, 0.5) is 13.2 Å². The third-order valence-corrected chi connectivity index (χ3v) is 6.57. The van der Waals surface area contributed by atoms with Gasteiger partial charge in [-0.05, 0) is 31.7 Å². The highest BCUT2D eigenvalue weighted by atomic mass is 19.4. The van der Waals surface area contributed by atoms with E-state index in [-0.39, 0.29) is 64.9 Å². The number of halogens is 3. The number of hydrogen-bond donors (Lipinski definition) is 4. The molecule has 0 aliphatic heterocycles. The summed E-state index contributed by atoms with van der Waals surface area (Å²) >= 11 is 0. The number of rotatable bonds is 5. The van der Waals surface area contributed by atoms with Gasteiger partial charge in [0.1, 0.15) is 23.3 Å². The van der Waals surface area contributed by atoms with Crippen molar-refractivity contribution in [2.75, 3.05) is 13.7 Å². The van der Waals surface area contributed by atoms with Crippen molar-refractivity contribution < 1.29 is 42.5 Å². The summed E-state index contributed by atoms with van der Waals surface area (Å²) in [6.45, 7) is -0.282. The second-order valence-electron chi connectivity index (χ2n) is 8.61. The van der Waals surface area contributed by atoms with E-state index < -0.39 is 53.5 Å². The largest absolute Gasteiger partial charge is 0.507 e. The number of phenolic OH excluding ortho intramolecular Hbond substituents is 2.